The van der Waals surface area contributed by atoms with Crippen molar-refractivity contribution in [3.05, 3.63) is 0 Å². The summed E-state index contributed by atoms with van der Waals surface area (Å²) in [5.74, 6) is 0. The third-order valence-corrected chi connectivity index (χ3v) is 2.63. The van der Waals surface area contributed by atoms with Gasteiger partial charge in [0.25, 0.3) is 5.60 Å². The van der Waals surface area contributed by atoms with Gasteiger partial charge in [0, 0.05) is 0 Å². The summed E-state index contributed by atoms with van der Waals surface area (Å²) in [6.07, 6.45) is -11.5. The first kappa shape index (κ1) is 15.5. The van der Waals surface area contributed by atoms with E-state index in [2.05, 4.69) is 0 Å². The smallest absolute Gasteiger partial charge is 0.372 e. The van der Waals surface area contributed by atoms with Crippen LogP contribution in [0, 0.1) is 0 Å². The van der Waals surface area contributed by atoms with Crippen molar-refractivity contribution in [3.8, 4) is 0 Å². The molecule has 2 nitrogen and oxygen atoms in total. The number of alkyl halides is 6. The molecule has 1 atom stereocenters. The lowest BCUT2D eigenvalue weighted by Gasteiger charge is -2.40. The zero-order chi connectivity index (χ0) is 13.4. The zero-order valence-electron chi connectivity index (χ0n) is 8.95. The number of halogens is 6. The molecule has 0 aliphatic rings. The molecule has 8 heteroatoms. The van der Waals surface area contributed by atoms with Crippen molar-refractivity contribution in [2.24, 2.45) is 0 Å². The van der Waals surface area contributed by atoms with E-state index in [-0.39, 0.29) is 6.54 Å². The van der Waals surface area contributed by atoms with E-state index >= 15 is 0 Å². The molecule has 0 bridgehead atoms. The lowest BCUT2D eigenvalue weighted by Crippen LogP contribution is -2.67. The summed E-state index contributed by atoms with van der Waals surface area (Å²) in [4.78, 5) is 0.779. The second-order valence-corrected chi connectivity index (χ2v) is 3.51. The second kappa shape index (κ2) is 4.40. The van der Waals surface area contributed by atoms with Crippen LogP contribution in [0.1, 0.15) is 13.8 Å². The first-order valence-corrected chi connectivity index (χ1v) is 4.45. The van der Waals surface area contributed by atoms with Crippen LogP contribution in [0.15, 0.2) is 0 Å². The largest absolute Gasteiger partial charge is 0.427 e. The van der Waals surface area contributed by atoms with Gasteiger partial charge in [0.1, 0.15) is 0 Å². The summed E-state index contributed by atoms with van der Waals surface area (Å²) >= 11 is 0. The molecule has 98 valence electrons. The molecule has 1 N–H and O–H groups in total. The maximum atomic E-state index is 12.4. The van der Waals surface area contributed by atoms with Gasteiger partial charge >= 0.3 is 12.4 Å². The minimum atomic E-state index is -5.77. The van der Waals surface area contributed by atoms with E-state index < -0.39 is 24.0 Å². The summed E-state index contributed by atoms with van der Waals surface area (Å²) in [6.45, 7) is 2.03. The summed E-state index contributed by atoms with van der Waals surface area (Å²) in [5, 5.41) is 8.96. The Balaban J connectivity index is 5.44. The highest BCUT2D eigenvalue weighted by Crippen LogP contribution is 2.46. The zero-order valence-corrected chi connectivity index (χ0v) is 8.95. The van der Waals surface area contributed by atoms with Crippen LogP contribution >= 0.6 is 0 Å². The Morgan fingerprint density at radius 2 is 1.38 bits per heavy atom. The Hall–Kier alpha value is -0.500. The van der Waals surface area contributed by atoms with Gasteiger partial charge in [0.15, 0.2) is 0 Å². The number of nitrogens with zero attached hydrogens (tertiary/aromatic N) is 1. The molecule has 0 saturated carbocycles. The van der Waals surface area contributed by atoms with E-state index in [1.54, 1.807) is 0 Å². The molecule has 0 fully saturated rings. The molecule has 0 heterocycles. The van der Waals surface area contributed by atoms with Gasteiger partial charge in [-0.05, 0) is 20.5 Å². The Labute approximate surface area is 88.8 Å². The molecule has 0 aromatic heterocycles. The van der Waals surface area contributed by atoms with Crippen LogP contribution in [0.4, 0.5) is 26.3 Å². The van der Waals surface area contributed by atoms with Gasteiger partial charge in [0.2, 0.25) is 0 Å². The molecule has 0 radical (unpaired) electrons. The summed E-state index contributed by atoms with van der Waals surface area (Å²) in [6, 6.07) is -2.11. The van der Waals surface area contributed by atoms with Gasteiger partial charge in [-0.1, -0.05) is 6.92 Å². The number of rotatable bonds is 3. The Bertz CT molecular complexity index is 222. The van der Waals surface area contributed by atoms with E-state index in [1.807, 2.05) is 0 Å². The van der Waals surface area contributed by atoms with Crippen LogP contribution in [0.25, 0.3) is 0 Å². The first-order chi connectivity index (χ1) is 6.89. The maximum Gasteiger partial charge on any atom is 0.427 e. The molecule has 0 aromatic rings. The van der Waals surface area contributed by atoms with Crippen LogP contribution in [-0.2, 0) is 0 Å². The summed E-state index contributed by atoms with van der Waals surface area (Å²) in [7, 11) is 1.08. The number of likely N-dealkylation sites (N-methyl/N-ethyl adjacent to an activating group) is 1. The summed E-state index contributed by atoms with van der Waals surface area (Å²) < 4.78 is 74.1. The standard InChI is InChI=1S/C8H13F6NO/c1-4-15(3)5(2)6(16,7(9,10)11)8(12,13)14/h5,16H,4H2,1-3H3. The molecule has 0 rings (SSSR count). The average molecular weight is 253 g/mol. The average Bonchev–Trinajstić information content (AvgIpc) is 2.10. The molecule has 0 aliphatic heterocycles. The fourth-order valence-corrected chi connectivity index (χ4v) is 1.23. The highest BCUT2D eigenvalue weighted by molar-refractivity contribution is 5.01. The van der Waals surface area contributed by atoms with Gasteiger partial charge in [-0.15, -0.1) is 0 Å². The van der Waals surface area contributed by atoms with Gasteiger partial charge in [0.05, 0.1) is 6.04 Å². The Morgan fingerprint density at radius 1 is 1.06 bits per heavy atom. The SMILES string of the molecule is CCN(C)C(C)C(O)(C(F)(F)F)C(F)(F)F. The van der Waals surface area contributed by atoms with Crippen LogP contribution < -0.4 is 0 Å². The van der Waals surface area contributed by atoms with Crippen molar-refractivity contribution in [3.63, 3.8) is 0 Å². The van der Waals surface area contributed by atoms with Crippen molar-refractivity contribution in [1.29, 1.82) is 0 Å². The van der Waals surface area contributed by atoms with E-state index in [0.29, 0.717) is 6.92 Å². The van der Waals surface area contributed by atoms with Crippen molar-refractivity contribution in [2.75, 3.05) is 13.6 Å². The summed E-state index contributed by atoms with van der Waals surface area (Å²) in [5.41, 5.74) is -4.72. The second-order valence-electron chi connectivity index (χ2n) is 3.51. The molecular weight excluding hydrogens is 240 g/mol. The highest BCUT2D eigenvalue weighted by atomic mass is 19.4. The van der Waals surface area contributed by atoms with Crippen molar-refractivity contribution < 1.29 is 31.4 Å². The Kier molecular flexibility index (Phi) is 4.26. The normalized spacial score (nSPS) is 16.7. The fourth-order valence-electron chi connectivity index (χ4n) is 1.23. The van der Waals surface area contributed by atoms with Crippen LogP contribution in [0.3, 0.4) is 0 Å². The lowest BCUT2D eigenvalue weighted by molar-refractivity contribution is -0.381. The third-order valence-electron chi connectivity index (χ3n) is 2.63. The molecule has 0 amide bonds. The quantitative estimate of drug-likeness (QED) is 0.779. The Morgan fingerprint density at radius 3 is 1.56 bits per heavy atom. The molecule has 16 heavy (non-hydrogen) atoms. The van der Waals surface area contributed by atoms with Gasteiger partial charge in [-0.3, -0.25) is 0 Å². The van der Waals surface area contributed by atoms with E-state index in [0.717, 1.165) is 11.9 Å². The molecular formula is C8H13F6NO. The fraction of sp³-hybridized carbons (Fsp3) is 1.00. The molecule has 0 aliphatic carbocycles. The van der Waals surface area contributed by atoms with E-state index in [1.165, 1.54) is 6.92 Å². The van der Waals surface area contributed by atoms with Crippen molar-refractivity contribution in [2.45, 2.75) is 37.8 Å². The van der Waals surface area contributed by atoms with Crippen LogP contribution in [-0.4, -0.2) is 47.6 Å². The minimum Gasteiger partial charge on any atom is -0.372 e. The topological polar surface area (TPSA) is 23.5 Å². The van der Waals surface area contributed by atoms with E-state index in [9.17, 15) is 26.3 Å². The predicted octanol–water partition coefficient (Wildman–Crippen LogP) is 2.18. The molecule has 0 saturated heterocycles. The molecule has 0 spiro atoms. The first-order valence-electron chi connectivity index (χ1n) is 4.45. The number of aliphatic hydroxyl groups is 1. The number of hydrogen-bond acceptors (Lipinski definition) is 2. The predicted molar refractivity (Wildman–Crippen MR) is 44.8 cm³/mol. The molecule has 0 aromatic carbocycles. The maximum absolute atomic E-state index is 12.4. The third kappa shape index (κ3) is 2.42. The number of hydrogen-bond donors (Lipinski definition) is 1. The van der Waals surface area contributed by atoms with Crippen LogP contribution in [0.5, 0.6) is 0 Å². The van der Waals surface area contributed by atoms with Crippen LogP contribution in [0.2, 0.25) is 0 Å². The van der Waals surface area contributed by atoms with Crippen molar-refractivity contribution >= 4 is 0 Å². The lowest BCUT2D eigenvalue weighted by atomic mass is 9.92. The monoisotopic (exact) mass is 253 g/mol. The van der Waals surface area contributed by atoms with Gasteiger partial charge < -0.3 is 10.0 Å². The van der Waals surface area contributed by atoms with Gasteiger partial charge in [-0.25, -0.2) is 0 Å². The van der Waals surface area contributed by atoms with Crippen molar-refractivity contribution in [1.82, 2.24) is 4.90 Å². The van der Waals surface area contributed by atoms with Gasteiger partial charge in [-0.2, -0.15) is 26.3 Å². The minimum absolute atomic E-state index is 0.0460. The highest BCUT2D eigenvalue weighted by Gasteiger charge is 2.73. The molecule has 1 unspecified atom stereocenters. The van der Waals surface area contributed by atoms with E-state index in [4.69, 9.17) is 5.11 Å².